The Bertz CT molecular complexity index is 695. The number of fused-ring (bicyclic) bond motifs is 1. The average molecular weight is 235 g/mol. The maximum atomic E-state index is 5.67. The zero-order valence-corrected chi connectivity index (χ0v) is 10.1. The van der Waals surface area contributed by atoms with Crippen LogP contribution in [0.4, 0.5) is 0 Å². The van der Waals surface area contributed by atoms with E-state index in [9.17, 15) is 0 Å². The van der Waals surface area contributed by atoms with Crippen LogP contribution in [-0.4, -0.2) is 4.98 Å². The van der Waals surface area contributed by atoms with E-state index in [2.05, 4.69) is 4.98 Å². The second-order valence-electron chi connectivity index (χ2n) is 4.27. The van der Waals surface area contributed by atoms with Gasteiger partial charge < -0.3 is 4.42 Å². The fourth-order valence-electron chi connectivity index (χ4n) is 1.85. The zero-order valence-electron chi connectivity index (χ0n) is 10.1. The second-order valence-corrected chi connectivity index (χ2v) is 4.27. The van der Waals surface area contributed by atoms with Crippen molar-refractivity contribution >= 4 is 23.3 Å². The summed E-state index contributed by atoms with van der Waals surface area (Å²) in [6.45, 7) is 2.04. The number of oxazole rings is 1. The van der Waals surface area contributed by atoms with E-state index >= 15 is 0 Å². The Morgan fingerprint density at radius 1 is 1.00 bits per heavy atom. The molecule has 0 saturated carbocycles. The summed E-state index contributed by atoms with van der Waals surface area (Å²) in [6, 6.07) is 16.1. The number of hydrogen-bond acceptors (Lipinski definition) is 2. The van der Waals surface area contributed by atoms with Crippen LogP contribution in [0, 0.1) is 6.92 Å². The lowest BCUT2D eigenvalue weighted by Gasteiger charge is -1.89. The predicted octanol–water partition coefficient (Wildman–Crippen LogP) is 4.31. The van der Waals surface area contributed by atoms with E-state index in [-0.39, 0.29) is 0 Å². The van der Waals surface area contributed by atoms with E-state index in [1.807, 2.05) is 67.6 Å². The number of aryl methyl sites for hydroxylation is 1. The molecule has 3 rings (SSSR count). The normalized spacial score (nSPS) is 11.4. The first-order valence-electron chi connectivity index (χ1n) is 5.91. The van der Waals surface area contributed by atoms with Gasteiger partial charge in [0.2, 0.25) is 5.89 Å². The Hall–Kier alpha value is -2.35. The lowest BCUT2D eigenvalue weighted by atomic mass is 10.2. The zero-order chi connectivity index (χ0) is 12.4. The van der Waals surface area contributed by atoms with E-state index in [1.54, 1.807) is 0 Å². The molecule has 0 bridgehead atoms. The molecule has 88 valence electrons. The molecule has 2 heteroatoms. The van der Waals surface area contributed by atoms with Crippen LogP contribution in [0.1, 0.15) is 17.0 Å². The summed E-state index contributed by atoms with van der Waals surface area (Å²) in [5.41, 5.74) is 4.05. The van der Waals surface area contributed by atoms with Crippen LogP contribution < -0.4 is 0 Å². The molecule has 0 aliphatic rings. The first-order valence-corrected chi connectivity index (χ1v) is 5.91. The van der Waals surface area contributed by atoms with Gasteiger partial charge >= 0.3 is 0 Å². The molecule has 0 aliphatic heterocycles. The summed E-state index contributed by atoms with van der Waals surface area (Å²) in [5.74, 6) is 0.638. The van der Waals surface area contributed by atoms with Crippen molar-refractivity contribution in [3.05, 3.63) is 65.5 Å². The Balaban J connectivity index is 1.93. The number of aromatic nitrogens is 1. The highest BCUT2D eigenvalue weighted by atomic mass is 16.3. The van der Waals surface area contributed by atoms with E-state index in [1.165, 1.54) is 5.56 Å². The standard InChI is InChI=1S/C16H13NO/c1-12-7-9-14-15(11-12)18-16(17-14)10-8-13-5-3-2-4-6-13/h2-11H,1H3/b10-8+. The number of nitrogens with zero attached hydrogens (tertiary/aromatic N) is 1. The fourth-order valence-corrected chi connectivity index (χ4v) is 1.85. The summed E-state index contributed by atoms with van der Waals surface area (Å²) in [5, 5.41) is 0. The molecule has 0 aliphatic carbocycles. The molecule has 0 unspecified atom stereocenters. The summed E-state index contributed by atoms with van der Waals surface area (Å²) >= 11 is 0. The minimum Gasteiger partial charge on any atom is -0.437 e. The van der Waals surface area contributed by atoms with Crippen molar-refractivity contribution in [3.63, 3.8) is 0 Å². The highest BCUT2D eigenvalue weighted by Gasteiger charge is 2.02. The van der Waals surface area contributed by atoms with E-state index in [0.717, 1.165) is 16.7 Å². The van der Waals surface area contributed by atoms with Crippen LogP contribution in [0.2, 0.25) is 0 Å². The third-order valence-corrected chi connectivity index (χ3v) is 2.78. The Morgan fingerprint density at radius 3 is 2.67 bits per heavy atom. The lowest BCUT2D eigenvalue weighted by Crippen LogP contribution is -1.72. The smallest absolute Gasteiger partial charge is 0.220 e. The van der Waals surface area contributed by atoms with E-state index in [0.29, 0.717) is 5.89 Å². The molecule has 0 spiro atoms. The molecule has 1 aromatic heterocycles. The van der Waals surface area contributed by atoms with Gasteiger partial charge in [-0.25, -0.2) is 4.98 Å². The van der Waals surface area contributed by atoms with Crippen LogP contribution >= 0.6 is 0 Å². The van der Waals surface area contributed by atoms with Crippen LogP contribution in [-0.2, 0) is 0 Å². The van der Waals surface area contributed by atoms with Crippen LogP contribution in [0.15, 0.2) is 52.9 Å². The van der Waals surface area contributed by atoms with Crippen molar-refractivity contribution in [2.75, 3.05) is 0 Å². The van der Waals surface area contributed by atoms with Gasteiger partial charge in [0.05, 0.1) is 0 Å². The molecule has 0 radical (unpaired) electrons. The molecule has 0 saturated heterocycles. The quantitative estimate of drug-likeness (QED) is 0.661. The molecule has 18 heavy (non-hydrogen) atoms. The summed E-state index contributed by atoms with van der Waals surface area (Å²) in [6.07, 6.45) is 3.89. The van der Waals surface area contributed by atoms with E-state index < -0.39 is 0 Å². The van der Waals surface area contributed by atoms with Crippen molar-refractivity contribution in [3.8, 4) is 0 Å². The summed E-state index contributed by atoms with van der Waals surface area (Å²) in [7, 11) is 0. The highest BCUT2D eigenvalue weighted by molar-refractivity contribution is 5.76. The van der Waals surface area contributed by atoms with Gasteiger partial charge in [0.15, 0.2) is 5.58 Å². The van der Waals surface area contributed by atoms with E-state index in [4.69, 9.17) is 4.42 Å². The van der Waals surface area contributed by atoms with Gasteiger partial charge in [0.25, 0.3) is 0 Å². The third-order valence-electron chi connectivity index (χ3n) is 2.78. The second kappa shape index (κ2) is 4.49. The van der Waals surface area contributed by atoms with Gasteiger partial charge in [-0.15, -0.1) is 0 Å². The van der Waals surface area contributed by atoms with Crippen LogP contribution in [0.25, 0.3) is 23.3 Å². The molecule has 2 nitrogen and oxygen atoms in total. The van der Waals surface area contributed by atoms with Crippen molar-refractivity contribution in [2.45, 2.75) is 6.92 Å². The molecule has 0 N–H and O–H groups in total. The topological polar surface area (TPSA) is 26.0 Å². The van der Waals surface area contributed by atoms with Gasteiger partial charge in [-0.2, -0.15) is 0 Å². The van der Waals surface area contributed by atoms with Gasteiger partial charge in [0.1, 0.15) is 5.52 Å². The van der Waals surface area contributed by atoms with Gasteiger partial charge in [-0.3, -0.25) is 0 Å². The highest BCUT2D eigenvalue weighted by Crippen LogP contribution is 2.18. The summed E-state index contributed by atoms with van der Waals surface area (Å²) < 4.78 is 5.67. The third kappa shape index (κ3) is 2.18. The Labute approximate surface area is 106 Å². The molecular weight excluding hydrogens is 222 g/mol. The average Bonchev–Trinajstić information content (AvgIpc) is 2.79. The first kappa shape index (κ1) is 10.8. The van der Waals surface area contributed by atoms with Crippen molar-refractivity contribution < 1.29 is 4.42 Å². The molecule has 2 aromatic carbocycles. The Morgan fingerprint density at radius 2 is 1.83 bits per heavy atom. The minimum atomic E-state index is 0.638. The fraction of sp³-hybridized carbons (Fsp3) is 0.0625. The summed E-state index contributed by atoms with van der Waals surface area (Å²) in [4.78, 5) is 4.42. The SMILES string of the molecule is Cc1ccc2nc(/C=C/c3ccccc3)oc2c1. The van der Waals surface area contributed by atoms with Gasteiger partial charge in [-0.05, 0) is 36.3 Å². The monoisotopic (exact) mass is 235 g/mol. The van der Waals surface area contributed by atoms with Gasteiger partial charge in [0, 0.05) is 6.08 Å². The number of benzene rings is 2. The van der Waals surface area contributed by atoms with Crippen LogP contribution in [0.3, 0.4) is 0 Å². The molecule has 3 aromatic rings. The predicted molar refractivity (Wildman–Crippen MR) is 74.1 cm³/mol. The largest absolute Gasteiger partial charge is 0.437 e. The van der Waals surface area contributed by atoms with Crippen LogP contribution in [0.5, 0.6) is 0 Å². The minimum absolute atomic E-state index is 0.638. The van der Waals surface area contributed by atoms with Gasteiger partial charge in [-0.1, -0.05) is 36.4 Å². The molecule has 0 amide bonds. The Kier molecular flexibility index (Phi) is 2.69. The van der Waals surface area contributed by atoms with Crippen molar-refractivity contribution in [1.82, 2.24) is 4.98 Å². The number of rotatable bonds is 2. The lowest BCUT2D eigenvalue weighted by molar-refractivity contribution is 0.589. The molecule has 0 atom stereocenters. The molecular formula is C16H13NO. The molecule has 1 heterocycles. The first-order chi connectivity index (χ1) is 8.81. The molecule has 0 fully saturated rings. The van der Waals surface area contributed by atoms with Crippen molar-refractivity contribution in [2.24, 2.45) is 0 Å². The van der Waals surface area contributed by atoms with Crippen molar-refractivity contribution in [1.29, 1.82) is 0 Å². The maximum Gasteiger partial charge on any atom is 0.220 e. The number of hydrogen-bond donors (Lipinski definition) is 0. The maximum absolute atomic E-state index is 5.67.